The smallest absolute Gasteiger partial charge is 0.224 e. The number of rotatable bonds is 3. The molecule has 1 aromatic rings. The minimum atomic E-state index is -0.0581. The van der Waals surface area contributed by atoms with E-state index in [1.807, 2.05) is 22.7 Å². The molecule has 0 bridgehead atoms. The maximum absolute atomic E-state index is 11.9. The number of nitrogens with zero attached hydrogens (tertiary/aromatic N) is 3. The molecule has 1 atom stereocenters. The van der Waals surface area contributed by atoms with Crippen LogP contribution in [-0.2, 0) is 4.79 Å². The number of hydrogen-bond acceptors (Lipinski definition) is 3. The van der Waals surface area contributed by atoms with Crippen LogP contribution >= 0.6 is 15.9 Å². The molecule has 0 aromatic carbocycles. The third kappa shape index (κ3) is 3.32. The maximum atomic E-state index is 11.9. The van der Waals surface area contributed by atoms with Gasteiger partial charge in [0.15, 0.2) is 0 Å². The molecule has 0 aliphatic carbocycles. The SMILES string of the molecule is CC(N)CC(=O)N1CCC(n2cc(Br)cn2)CC1. The lowest BCUT2D eigenvalue weighted by molar-refractivity contribution is -0.132. The lowest BCUT2D eigenvalue weighted by Gasteiger charge is -2.32. The second-order valence-electron chi connectivity index (χ2n) is 4.93. The normalized spacial score (nSPS) is 18.9. The summed E-state index contributed by atoms with van der Waals surface area (Å²) in [6.45, 7) is 3.47. The second kappa shape index (κ2) is 5.84. The molecule has 18 heavy (non-hydrogen) atoms. The van der Waals surface area contributed by atoms with Crippen LogP contribution in [0.25, 0.3) is 0 Å². The molecule has 100 valence electrons. The van der Waals surface area contributed by atoms with E-state index in [-0.39, 0.29) is 11.9 Å². The fraction of sp³-hybridized carbons (Fsp3) is 0.667. The van der Waals surface area contributed by atoms with Crippen LogP contribution in [-0.4, -0.2) is 39.7 Å². The molecule has 1 amide bonds. The molecule has 6 heteroatoms. The number of carbonyl (C=O) groups is 1. The molecule has 2 heterocycles. The number of likely N-dealkylation sites (tertiary alicyclic amines) is 1. The number of amides is 1. The molecule has 5 nitrogen and oxygen atoms in total. The average Bonchev–Trinajstić information content (AvgIpc) is 2.75. The zero-order chi connectivity index (χ0) is 13.1. The van der Waals surface area contributed by atoms with Gasteiger partial charge in [-0.3, -0.25) is 9.48 Å². The summed E-state index contributed by atoms with van der Waals surface area (Å²) < 4.78 is 2.98. The number of piperidine rings is 1. The highest BCUT2D eigenvalue weighted by Gasteiger charge is 2.24. The first-order chi connectivity index (χ1) is 8.56. The highest BCUT2D eigenvalue weighted by atomic mass is 79.9. The Balaban J connectivity index is 1.86. The lowest BCUT2D eigenvalue weighted by atomic mass is 10.0. The zero-order valence-corrected chi connectivity index (χ0v) is 12.1. The monoisotopic (exact) mass is 314 g/mol. The van der Waals surface area contributed by atoms with Crippen LogP contribution in [0.1, 0.15) is 32.2 Å². The summed E-state index contributed by atoms with van der Waals surface area (Å²) in [4.78, 5) is 13.8. The first kappa shape index (κ1) is 13.5. The molecule has 1 aliphatic rings. The van der Waals surface area contributed by atoms with Crippen molar-refractivity contribution in [1.29, 1.82) is 0 Å². The molecule has 2 rings (SSSR count). The Morgan fingerprint density at radius 1 is 1.61 bits per heavy atom. The predicted octanol–water partition coefficient (Wildman–Crippen LogP) is 1.55. The molecular formula is C12H19BrN4O. The van der Waals surface area contributed by atoms with Crippen LogP contribution < -0.4 is 5.73 Å². The van der Waals surface area contributed by atoms with E-state index in [0.29, 0.717) is 12.5 Å². The quantitative estimate of drug-likeness (QED) is 0.920. The Bertz CT molecular complexity index is 410. The molecule has 0 radical (unpaired) electrons. The molecule has 1 saturated heterocycles. The van der Waals surface area contributed by atoms with E-state index >= 15 is 0 Å². The van der Waals surface area contributed by atoms with Gasteiger partial charge in [0, 0.05) is 31.7 Å². The second-order valence-corrected chi connectivity index (χ2v) is 5.85. The van der Waals surface area contributed by atoms with E-state index < -0.39 is 0 Å². The molecule has 1 fully saturated rings. The zero-order valence-electron chi connectivity index (χ0n) is 10.6. The highest BCUT2D eigenvalue weighted by Crippen LogP contribution is 2.23. The van der Waals surface area contributed by atoms with Crippen molar-refractivity contribution in [3.8, 4) is 0 Å². The summed E-state index contributed by atoms with van der Waals surface area (Å²) in [7, 11) is 0. The van der Waals surface area contributed by atoms with Crippen LogP contribution in [0.3, 0.4) is 0 Å². The van der Waals surface area contributed by atoms with Crippen molar-refractivity contribution in [2.24, 2.45) is 5.73 Å². The van der Waals surface area contributed by atoms with Gasteiger partial charge in [-0.2, -0.15) is 5.10 Å². The van der Waals surface area contributed by atoms with E-state index in [2.05, 4.69) is 21.0 Å². The van der Waals surface area contributed by atoms with Crippen LogP contribution in [0.5, 0.6) is 0 Å². The van der Waals surface area contributed by atoms with Gasteiger partial charge in [0.1, 0.15) is 0 Å². The number of carbonyl (C=O) groups excluding carboxylic acids is 1. The Hall–Kier alpha value is -0.880. The van der Waals surface area contributed by atoms with Gasteiger partial charge in [0.05, 0.1) is 16.7 Å². The van der Waals surface area contributed by atoms with Crippen molar-refractivity contribution in [3.63, 3.8) is 0 Å². The van der Waals surface area contributed by atoms with E-state index in [0.717, 1.165) is 30.4 Å². The van der Waals surface area contributed by atoms with Crippen LogP contribution in [0.2, 0.25) is 0 Å². The van der Waals surface area contributed by atoms with E-state index in [4.69, 9.17) is 5.73 Å². The average molecular weight is 315 g/mol. The highest BCUT2D eigenvalue weighted by molar-refractivity contribution is 9.10. The Morgan fingerprint density at radius 3 is 2.78 bits per heavy atom. The Morgan fingerprint density at radius 2 is 2.28 bits per heavy atom. The van der Waals surface area contributed by atoms with Gasteiger partial charge < -0.3 is 10.6 Å². The van der Waals surface area contributed by atoms with Crippen molar-refractivity contribution in [2.75, 3.05) is 13.1 Å². The van der Waals surface area contributed by atoms with Crippen molar-refractivity contribution in [2.45, 2.75) is 38.3 Å². The lowest BCUT2D eigenvalue weighted by Crippen LogP contribution is -2.41. The molecule has 1 unspecified atom stereocenters. The van der Waals surface area contributed by atoms with Gasteiger partial charge >= 0.3 is 0 Å². The Kier molecular flexibility index (Phi) is 4.40. The van der Waals surface area contributed by atoms with E-state index in [9.17, 15) is 4.79 Å². The van der Waals surface area contributed by atoms with Gasteiger partial charge in [0.25, 0.3) is 0 Å². The minimum Gasteiger partial charge on any atom is -0.342 e. The first-order valence-electron chi connectivity index (χ1n) is 6.29. The molecule has 1 aromatic heterocycles. The fourth-order valence-electron chi connectivity index (χ4n) is 2.30. The minimum absolute atomic E-state index is 0.0581. The number of hydrogen-bond donors (Lipinski definition) is 1. The van der Waals surface area contributed by atoms with E-state index in [1.54, 1.807) is 6.20 Å². The molecule has 2 N–H and O–H groups in total. The molecule has 1 aliphatic heterocycles. The summed E-state index contributed by atoms with van der Waals surface area (Å²) in [5.74, 6) is 0.171. The summed E-state index contributed by atoms with van der Waals surface area (Å²) in [5.41, 5.74) is 5.65. The van der Waals surface area contributed by atoms with Crippen molar-refractivity contribution < 1.29 is 4.79 Å². The van der Waals surface area contributed by atoms with Gasteiger partial charge in [-0.25, -0.2) is 0 Å². The summed E-state index contributed by atoms with van der Waals surface area (Å²) in [6, 6.07) is 0.341. The number of nitrogens with two attached hydrogens (primary N) is 1. The topological polar surface area (TPSA) is 64.2 Å². The van der Waals surface area contributed by atoms with Gasteiger partial charge in [0.2, 0.25) is 5.91 Å². The van der Waals surface area contributed by atoms with Gasteiger partial charge in [-0.05, 0) is 35.7 Å². The summed E-state index contributed by atoms with van der Waals surface area (Å²) >= 11 is 3.40. The van der Waals surface area contributed by atoms with E-state index in [1.165, 1.54) is 0 Å². The van der Waals surface area contributed by atoms with Crippen LogP contribution in [0.15, 0.2) is 16.9 Å². The third-order valence-corrected chi connectivity index (χ3v) is 3.67. The molecule has 0 saturated carbocycles. The van der Waals surface area contributed by atoms with Gasteiger partial charge in [-0.15, -0.1) is 0 Å². The fourth-order valence-corrected chi connectivity index (χ4v) is 2.60. The predicted molar refractivity (Wildman–Crippen MR) is 73.0 cm³/mol. The number of halogens is 1. The number of aromatic nitrogens is 2. The van der Waals surface area contributed by atoms with Crippen molar-refractivity contribution in [3.05, 3.63) is 16.9 Å². The summed E-state index contributed by atoms with van der Waals surface area (Å²) in [5, 5.41) is 4.30. The maximum Gasteiger partial charge on any atom is 0.224 e. The Labute approximate surface area is 115 Å². The largest absolute Gasteiger partial charge is 0.342 e. The van der Waals surface area contributed by atoms with Crippen LogP contribution in [0, 0.1) is 0 Å². The molecule has 0 spiro atoms. The van der Waals surface area contributed by atoms with Crippen molar-refractivity contribution in [1.82, 2.24) is 14.7 Å². The molecular weight excluding hydrogens is 296 g/mol. The van der Waals surface area contributed by atoms with Crippen LogP contribution in [0.4, 0.5) is 0 Å². The summed E-state index contributed by atoms with van der Waals surface area (Å²) in [6.07, 6.45) is 6.15. The van der Waals surface area contributed by atoms with Crippen molar-refractivity contribution >= 4 is 21.8 Å². The third-order valence-electron chi connectivity index (χ3n) is 3.26. The standard InChI is InChI=1S/C12H19BrN4O/c1-9(14)6-12(18)16-4-2-11(3-5-16)17-8-10(13)7-15-17/h7-9,11H,2-6,14H2,1H3. The van der Waals surface area contributed by atoms with Gasteiger partial charge in [-0.1, -0.05) is 0 Å². The first-order valence-corrected chi connectivity index (χ1v) is 7.08.